The smallest absolute Gasteiger partial charge is 0.218 e. The van der Waals surface area contributed by atoms with Crippen LogP contribution in [0.15, 0.2) is 36.7 Å². The SMILES string of the molecule is CCOc1cc(CNc2ncn[nH]2)cc(Cl)c1OCc1ccc(Cl)cc1Cl. The summed E-state index contributed by atoms with van der Waals surface area (Å²) in [7, 11) is 0. The topological polar surface area (TPSA) is 72.1 Å². The van der Waals surface area contributed by atoms with Crippen molar-refractivity contribution in [1.29, 1.82) is 0 Å². The molecule has 0 bridgehead atoms. The van der Waals surface area contributed by atoms with E-state index in [9.17, 15) is 0 Å². The third kappa shape index (κ3) is 5.19. The van der Waals surface area contributed by atoms with E-state index in [2.05, 4.69) is 20.5 Å². The van der Waals surface area contributed by atoms with Crippen molar-refractivity contribution in [3.8, 4) is 11.5 Å². The molecule has 0 spiro atoms. The Labute approximate surface area is 171 Å². The Morgan fingerprint density at radius 2 is 1.93 bits per heavy atom. The molecule has 2 aromatic carbocycles. The molecule has 1 heterocycles. The Balaban J connectivity index is 1.76. The van der Waals surface area contributed by atoms with E-state index in [0.717, 1.165) is 11.1 Å². The van der Waals surface area contributed by atoms with E-state index in [1.165, 1.54) is 6.33 Å². The molecule has 142 valence electrons. The van der Waals surface area contributed by atoms with Crippen LogP contribution >= 0.6 is 34.8 Å². The molecule has 6 nitrogen and oxygen atoms in total. The predicted octanol–water partition coefficient (Wildman–Crippen LogP) is 5.35. The summed E-state index contributed by atoms with van der Waals surface area (Å²) in [6, 6.07) is 8.93. The average Bonchev–Trinajstić information content (AvgIpc) is 3.14. The maximum Gasteiger partial charge on any atom is 0.218 e. The molecular weight excluding hydrogens is 411 g/mol. The molecule has 1 aromatic heterocycles. The van der Waals surface area contributed by atoms with Gasteiger partial charge in [-0.05, 0) is 36.8 Å². The summed E-state index contributed by atoms with van der Waals surface area (Å²) in [4.78, 5) is 4.02. The van der Waals surface area contributed by atoms with Gasteiger partial charge in [-0.3, -0.25) is 0 Å². The minimum atomic E-state index is 0.242. The van der Waals surface area contributed by atoms with Crippen molar-refractivity contribution in [3.05, 3.63) is 62.9 Å². The standard InChI is InChI=1S/C18H17Cl3N4O2/c1-2-26-16-6-11(8-22-18-23-10-24-25-18)5-15(21)17(16)27-9-12-3-4-13(19)7-14(12)20/h3-7,10H,2,8-9H2,1H3,(H2,22,23,24,25). The number of nitrogens with zero attached hydrogens (tertiary/aromatic N) is 2. The zero-order chi connectivity index (χ0) is 19.2. The first-order chi connectivity index (χ1) is 13.1. The van der Waals surface area contributed by atoms with Gasteiger partial charge in [0.2, 0.25) is 5.95 Å². The first kappa shape index (κ1) is 19.6. The number of ether oxygens (including phenoxy) is 2. The first-order valence-corrected chi connectivity index (χ1v) is 9.31. The maximum absolute atomic E-state index is 6.44. The van der Waals surface area contributed by atoms with Crippen molar-refractivity contribution in [3.63, 3.8) is 0 Å². The molecule has 27 heavy (non-hydrogen) atoms. The molecule has 0 amide bonds. The molecule has 0 atom stereocenters. The Kier molecular flexibility index (Phi) is 6.66. The van der Waals surface area contributed by atoms with Crippen molar-refractivity contribution in [1.82, 2.24) is 15.2 Å². The minimum absolute atomic E-state index is 0.242. The van der Waals surface area contributed by atoms with Gasteiger partial charge in [0, 0.05) is 22.2 Å². The van der Waals surface area contributed by atoms with Crippen LogP contribution in [0.1, 0.15) is 18.1 Å². The van der Waals surface area contributed by atoms with Crippen LogP contribution in [0.5, 0.6) is 11.5 Å². The molecule has 3 rings (SSSR count). The van der Waals surface area contributed by atoms with Crippen LogP contribution in [0.3, 0.4) is 0 Å². The van der Waals surface area contributed by atoms with Gasteiger partial charge in [0.1, 0.15) is 12.9 Å². The molecular formula is C18H17Cl3N4O2. The van der Waals surface area contributed by atoms with E-state index in [4.69, 9.17) is 44.3 Å². The van der Waals surface area contributed by atoms with Gasteiger partial charge in [0.05, 0.1) is 11.6 Å². The maximum atomic E-state index is 6.44. The first-order valence-electron chi connectivity index (χ1n) is 8.18. The largest absolute Gasteiger partial charge is 0.490 e. The van der Waals surface area contributed by atoms with E-state index in [1.54, 1.807) is 12.1 Å². The number of H-pyrrole nitrogens is 1. The van der Waals surface area contributed by atoms with E-state index in [0.29, 0.717) is 45.7 Å². The summed E-state index contributed by atoms with van der Waals surface area (Å²) >= 11 is 18.6. The summed E-state index contributed by atoms with van der Waals surface area (Å²) < 4.78 is 11.6. The highest BCUT2D eigenvalue weighted by Gasteiger charge is 2.14. The van der Waals surface area contributed by atoms with Gasteiger partial charge in [-0.15, -0.1) is 0 Å². The van der Waals surface area contributed by atoms with Crippen molar-refractivity contribution in [2.45, 2.75) is 20.1 Å². The fourth-order valence-electron chi connectivity index (χ4n) is 2.39. The second-order valence-corrected chi connectivity index (χ2v) is 6.80. The lowest BCUT2D eigenvalue weighted by molar-refractivity contribution is 0.269. The number of anilines is 1. The Hall–Kier alpha value is -2.15. The van der Waals surface area contributed by atoms with Crippen molar-refractivity contribution < 1.29 is 9.47 Å². The van der Waals surface area contributed by atoms with Crippen molar-refractivity contribution >= 4 is 40.8 Å². The Bertz CT molecular complexity index is 904. The lowest BCUT2D eigenvalue weighted by Gasteiger charge is -2.16. The molecule has 2 N–H and O–H groups in total. The molecule has 0 aliphatic rings. The van der Waals surface area contributed by atoms with Gasteiger partial charge >= 0.3 is 0 Å². The van der Waals surface area contributed by atoms with Gasteiger partial charge in [-0.25, -0.2) is 10.1 Å². The Morgan fingerprint density at radius 1 is 1.07 bits per heavy atom. The van der Waals surface area contributed by atoms with Crippen LogP contribution in [-0.2, 0) is 13.2 Å². The Morgan fingerprint density at radius 3 is 2.63 bits per heavy atom. The minimum Gasteiger partial charge on any atom is -0.490 e. The highest BCUT2D eigenvalue weighted by Crippen LogP contribution is 2.38. The lowest BCUT2D eigenvalue weighted by Crippen LogP contribution is -2.04. The molecule has 0 radical (unpaired) electrons. The van der Waals surface area contributed by atoms with Crippen LogP contribution in [0.25, 0.3) is 0 Å². The molecule has 0 aliphatic carbocycles. The van der Waals surface area contributed by atoms with Gasteiger partial charge in [0.15, 0.2) is 11.5 Å². The molecule has 0 fully saturated rings. The van der Waals surface area contributed by atoms with Crippen LogP contribution in [0.4, 0.5) is 5.95 Å². The third-order valence-corrected chi connectivity index (χ3v) is 4.50. The highest BCUT2D eigenvalue weighted by molar-refractivity contribution is 6.35. The summed E-state index contributed by atoms with van der Waals surface area (Å²) in [5.74, 6) is 1.60. The number of benzene rings is 2. The number of hydrogen-bond acceptors (Lipinski definition) is 5. The van der Waals surface area contributed by atoms with Gasteiger partial charge in [0.25, 0.3) is 0 Å². The summed E-state index contributed by atoms with van der Waals surface area (Å²) in [5.41, 5.74) is 1.72. The number of aromatic amines is 1. The second-order valence-electron chi connectivity index (χ2n) is 5.55. The highest BCUT2D eigenvalue weighted by atomic mass is 35.5. The number of halogens is 3. The molecule has 0 aliphatic heterocycles. The monoisotopic (exact) mass is 426 g/mol. The fraction of sp³-hybridized carbons (Fsp3) is 0.222. The normalized spacial score (nSPS) is 10.7. The van der Waals surface area contributed by atoms with Gasteiger partial charge in [-0.2, -0.15) is 5.10 Å². The van der Waals surface area contributed by atoms with Gasteiger partial charge < -0.3 is 14.8 Å². The second kappa shape index (κ2) is 9.17. The number of nitrogens with one attached hydrogen (secondary N) is 2. The quantitative estimate of drug-likeness (QED) is 0.506. The number of hydrogen-bond donors (Lipinski definition) is 2. The van der Waals surface area contributed by atoms with E-state index < -0.39 is 0 Å². The zero-order valence-corrected chi connectivity index (χ0v) is 16.7. The molecule has 0 saturated heterocycles. The van der Waals surface area contributed by atoms with Crippen molar-refractivity contribution in [2.75, 3.05) is 11.9 Å². The number of rotatable bonds is 8. The molecule has 3 aromatic rings. The average molecular weight is 428 g/mol. The summed E-state index contributed by atoms with van der Waals surface area (Å²) in [6.07, 6.45) is 1.43. The molecule has 0 unspecified atom stereocenters. The fourth-order valence-corrected chi connectivity index (χ4v) is 3.14. The van der Waals surface area contributed by atoms with Crippen LogP contribution in [0, 0.1) is 0 Å². The predicted molar refractivity (Wildman–Crippen MR) is 107 cm³/mol. The zero-order valence-electron chi connectivity index (χ0n) is 14.4. The summed E-state index contributed by atoms with van der Waals surface area (Å²) in [6.45, 7) is 3.12. The van der Waals surface area contributed by atoms with Crippen LogP contribution in [0.2, 0.25) is 15.1 Å². The molecule has 0 saturated carbocycles. The third-order valence-electron chi connectivity index (χ3n) is 3.63. The summed E-state index contributed by atoms with van der Waals surface area (Å²) in [5, 5.41) is 11.2. The van der Waals surface area contributed by atoms with E-state index in [1.807, 2.05) is 25.1 Å². The van der Waals surface area contributed by atoms with E-state index in [-0.39, 0.29) is 6.61 Å². The van der Waals surface area contributed by atoms with Gasteiger partial charge in [-0.1, -0.05) is 40.9 Å². The van der Waals surface area contributed by atoms with Crippen molar-refractivity contribution in [2.24, 2.45) is 0 Å². The number of aromatic nitrogens is 3. The van der Waals surface area contributed by atoms with Crippen LogP contribution in [-0.4, -0.2) is 21.8 Å². The molecule has 9 heteroatoms. The van der Waals surface area contributed by atoms with E-state index >= 15 is 0 Å². The van der Waals surface area contributed by atoms with Crippen LogP contribution < -0.4 is 14.8 Å². The lowest BCUT2D eigenvalue weighted by atomic mass is 10.2.